The highest BCUT2D eigenvalue weighted by Gasteiger charge is 2.19. The molecule has 1 aromatic carbocycles. The van der Waals surface area contributed by atoms with Crippen LogP contribution in [-0.4, -0.2) is 30.6 Å². The Labute approximate surface area is 125 Å². The van der Waals surface area contributed by atoms with Gasteiger partial charge in [-0.15, -0.1) is 0 Å². The maximum Gasteiger partial charge on any atom is 0.222 e. The number of rotatable bonds is 2. The Hall–Kier alpha value is -1.91. The lowest BCUT2D eigenvalue weighted by atomic mass is 10.1. The number of amides is 1. The number of anilines is 1. The van der Waals surface area contributed by atoms with Gasteiger partial charge in [0.25, 0.3) is 0 Å². The molecule has 5 heteroatoms. The quantitative estimate of drug-likeness (QED) is 0.849. The minimum Gasteiger partial charge on any atom is -0.486 e. The molecule has 114 valence electrons. The molecule has 0 radical (unpaired) electrons. The van der Waals surface area contributed by atoms with Crippen LogP contribution in [0.2, 0.25) is 0 Å². The van der Waals surface area contributed by atoms with E-state index >= 15 is 0 Å². The van der Waals surface area contributed by atoms with Crippen LogP contribution >= 0.6 is 0 Å². The smallest absolute Gasteiger partial charge is 0.222 e. The molecule has 5 nitrogen and oxygen atoms in total. The molecule has 0 unspecified atom stereocenters. The molecule has 21 heavy (non-hydrogen) atoms. The zero-order valence-corrected chi connectivity index (χ0v) is 12.3. The minimum atomic E-state index is 0.226. The zero-order valence-electron chi connectivity index (χ0n) is 12.3. The van der Waals surface area contributed by atoms with Gasteiger partial charge in [-0.1, -0.05) is 12.8 Å². The van der Waals surface area contributed by atoms with Crippen molar-refractivity contribution in [3.63, 3.8) is 0 Å². The topological polar surface area (TPSA) is 64.8 Å². The summed E-state index contributed by atoms with van der Waals surface area (Å²) in [5, 5.41) is 0. The van der Waals surface area contributed by atoms with Crippen molar-refractivity contribution in [3.05, 3.63) is 17.7 Å². The number of nitrogens with zero attached hydrogens (tertiary/aromatic N) is 1. The summed E-state index contributed by atoms with van der Waals surface area (Å²) < 4.78 is 11.1. The zero-order chi connectivity index (χ0) is 14.7. The summed E-state index contributed by atoms with van der Waals surface area (Å²) in [6, 6.07) is 3.72. The molecular formula is C16H22N2O3. The van der Waals surface area contributed by atoms with Crippen molar-refractivity contribution in [1.29, 1.82) is 0 Å². The Morgan fingerprint density at radius 2 is 1.76 bits per heavy atom. The Kier molecular flexibility index (Phi) is 4.18. The van der Waals surface area contributed by atoms with Crippen LogP contribution in [0.3, 0.4) is 0 Å². The van der Waals surface area contributed by atoms with Crippen LogP contribution in [0.15, 0.2) is 12.1 Å². The second-order valence-corrected chi connectivity index (χ2v) is 5.67. The van der Waals surface area contributed by atoms with Crippen LogP contribution in [0.5, 0.6) is 11.5 Å². The third kappa shape index (κ3) is 3.23. The number of carbonyl (C=O) groups is 1. The lowest BCUT2D eigenvalue weighted by molar-refractivity contribution is -0.132. The highest BCUT2D eigenvalue weighted by atomic mass is 16.6. The minimum absolute atomic E-state index is 0.226. The molecule has 0 aliphatic carbocycles. The van der Waals surface area contributed by atoms with Gasteiger partial charge in [0.1, 0.15) is 13.2 Å². The van der Waals surface area contributed by atoms with Crippen LogP contribution in [0, 0.1) is 0 Å². The summed E-state index contributed by atoms with van der Waals surface area (Å²) in [5.74, 6) is 1.65. The predicted octanol–water partition coefficient (Wildman–Crippen LogP) is 2.33. The first-order valence-corrected chi connectivity index (χ1v) is 7.70. The average Bonchev–Trinajstić information content (AvgIpc) is 2.47. The number of nitrogens with two attached hydrogens (primary N) is 1. The maximum absolute atomic E-state index is 12.2. The van der Waals surface area contributed by atoms with Crippen molar-refractivity contribution in [2.24, 2.45) is 0 Å². The molecule has 0 spiro atoms. The molecule has 0 saturated carbocycles. The van der Waals surface area contributed by atoms with Gasteiger partial charge in [-0.3, -0.25) is 4.79 Å². The molecule has 2 aliphatic heterocycles. The van der Waals surface area contributed by atoms with Crippen LogP contribution in [0.1, 0.15) is 37.7 Å². The van der Waals surface area contributed by atoms with E-state index in [1.807, 2.05) is 11.0 Å². The summed E-state index contributed by atoms with van der Waals surface area (Å²) in [6.45, 7) is 2.48. The Balaban J connectivity index is 1.78. The lowest BCUT2D eigenvalue weighted by Gasteiger charge is -2.26. The van der Waals surface area contributed by atoms with E-state index in [4.69, 9.17) is 15.2 Å². The van der Waals surface area contributed by atoms with Crippen molar-refractivity contribution in [1.82, 2.24) is 4.90 Å². The number of hydrogen-bond acceptors (Lipinski definition) is 4. The van der Waals surface area contributed by atoms with Gasteiger partial charge in [-0.2, -0.15) is 0 Å². The number of benzene rings is 1. The Morgan fingerprint density at radius 3 is 2.57 bits per heavy atom. The average molecular weight is 290 g/mol. The van der Waals surface area contributed by atoms with Crippen LogP contribution in [0.25, 0.3) is 0 Å². The Bertz CT molecular complexity index is 530. The maximum atomic E-state index is 12.2. The normalized spacial score (nSPS) is 19.0. The number of hydrogen-bond donors (Lipinski definition) is 1. The summed E-state index contributed by atoms with van der Waals surface area (Å²) in [6.07, 6.45) is 5.05. The molecule has 0 aromatic heterocycles. The van der Waals surface area contributed by atoms with E-state index in [1.54, 1.807) is 6.07 Å². The summed E-state index contributed by atoms with van der Waals surface area (Å²) in [5.41, 5.74) is 7.70. The third-order valence-electron chi connectivity index (χ3n) is 4.09. The van der Waals surface area contributed by atoms with E-state index in [2.05, 4.69) is 0 Å². The molecule has 2 heterocycles. The molecule has 1 fully saturated rings. The number of likely N-dealkylation sites (tertiary alicyclic amines) is 1. The molecule has 1 saturated heterocycles. The van der Waals surface area contributed by atoms with E-state index < -0.39 is 0 Å². The van der Waals surface area contributed by atoms with Gasteiger partial charge in [0.15, 0.2) is 11.5 Å². The van der Waals surface area contributed by atoms with Crippen molar-refractivity contribution in [3.8, 4) is 11.5 Å². The molecule has 1 aromatic rings. The third-order valence-corrected chi connectivity index (χ3v) is 4.09. The van der Waals surface area contributed by atoms with E-state index in [9.17, 15) is 4.79 Å². The monoisotopic (exact) mass is 290 g/mol. The highest BCUT2D eigenvalue weighted by molar-refractivity contribution is 5.76. The SMILES string of the molecule is Nc1cc2c(cc1CN1CCCCCCC1=O)OCCO2. The fourth-order valence-corrected chi connectivity index (χ4v) is 2.87. The molecule has 2 aliphatic rings. The number of nitrogen functional groups attached to an aromatic ring is 1. The van der Waals surface area contributed by atoms with Crippen molar-refractivity contribution in [2.45, 2.75) is 38.6 Å². The fourth-order valence-electron chi connectivity index (χ4n) is 2.87. The molecular weight excluding hydrogens is 268 g/mol. The first kappa shape index (κ1) is 14.0. The molecule has 0 bridgehead atoms. The summed E-state index contributed by atoms with van der Waals surface area (Å²) >= 11 is 0. The van der Waals surface area contributed by atoms with Crippen LogP contribution < -0.4 is 15.2 Å². The fraction of sp³-hybridized carbons (Fsp3) is 0.562. The highest BCUT2D eigenvalue weighted by Crippen LogP contribution is 2.35. The van der Waals surface area contributed by atoms with E-state index in [-0.39, 0.29) is 5.91 Å². The van der Waals surface area contributed by atoms with Gasteiger partial charge < -0.3 is 20.1 Å². The summed E-state index contributed by atoms with van der Waals surface area (Å²) in [4.78, 5) is 14.1. The molecule has 3 rings (SSSR count). The lowest BCUT2D eigenvalue weighted by Crippen LogP contribution is -2.32. The van der Waals surface area contributed by atoms with Gasteiger partial charge in [0.05, 0.1) is 0 Å². The largest absolute Gasteiger partial charge is 0.486 e. The first-order chi connectivity index (χ1) is 10.2. The standard InChI is InChI=1S/C16H22N2O3/c17-13-10-15-14(20-7-8-21-15)9-12(13)11-18-6-4-2-1-3-5-16(18)19/h9-10H,1-8,11,17H2. The number of ether oxygens (including phenoxy) is 2. The number of carbonyl (C=O) groups excluding carboxylic acids is 1. The van der Waals surface area contributed by atoms with Gasteiger partial charge >= 0.3 is 0 Å². The van der Waals surface area contributed by atoms with Crippen molar-refractivity contribution in [2.75, 3.05) is 25.5 Å². The first-order valence-electron chi connectivity index (χ1n) is 7.70. The van der Waals surface area contributed by atoms with Gasteiger partial charge in [-0.25, -0.2) is 0 Å². The van der Waals surface area contributed by atoms with Crippen LogP contribution in [-0.2, 0) is 11.3 Å². The Morgan fingerprint density at radius 1 is 1.05 bits per heavy atom. The second kappa shape index (κ2) is 6.24. The molecule has 2 N–H and O–H groups in total. The van der Waals surface area contributed by atoms with E-state index in [0.29, 0.717) is 37.6 Å². The van der Waals surface area contributed by atoms with E-state index in [1.165, 1.54) is 6.42 Å². The molecule has 0 atom stereocenters. The number of fused-ring (bicyclic) bond motifs is 1. The molecule has 1 amide bonds. The van der Waals surface area contributed by atoms with Crippen molar-refractivity contribution < 1.29 is 14.3 Å². The van der Waals surface area contributed by atoms with Gasteiger partial charge in [0.2, 0.25) is 5.91 Å². The van der Waals surface area contributed by atoms with Crippen molar-refractivity contribution >= 4 is 11.6 Å². The summed E-state index contributed by atoms with van der Waals surface area (Å²) in [7, 11) is 0. The predicted molar refractivity (Wildman–Crippen MR) is 80.3 cm³/mol. The second-order valence-electron chi connectivity index (χ2n) is 5.67. The van der Waals surface area contributed by atoms with E-state index in [0.717, 1.165) is 37.1 Å². The van der Waals surface area contributed by atoms with Gasteiger partial charge in [0, 0.05) is 31.3 Å². The van der Waals surface area contributed by atoms with Crippen LogP contribution in [0.4, 0.5) is 5.69 Å². The van der Waals surface area contributed by atoms with Gasteiger partial charge in [-0.05, 0) is 24.5 Å².